The van der Waals surface area contributed by atoms with Crippen LogP contribution in [0.5, 0.6) is 0 Å². The first-order chi connectivity index (χ1) is 10.7. The summed E-state index contributed by atoms with van der Waals surface area (Å²) in [6, 6.07) is 0. The number of hydrogen-bond acceptors (Lipinski definition) is 3. The van der Waals surface area contributed by atoms with Gasteiger partial charge in [0.2, 0.25) is 23.6 Å². The summed E-state index contributed by atoms with van der Waals surface area (Å²) in [7, 11) is 0. The first-order valence-electron chi connectivity index (χ1n) is 7.91. The zero-order valence-corrected chi connectivity index (χ0v) is 13.3. The third kappa shape index (κ3) is 4.39. The Morgan fingerprint density at radius 2 is 1.52 bits per heavy atom. The number of carbonyl (C=O) groups excluding carboxylic acids is 3. The number of primary amides is 1. The molecule has 1 saturated carbocycles. The molecule has 6 nitrogen and oxygen atoms in total. The Bertz CT molecular complexity index is 488. The summed E-state index contributed by atoms with van der Waals surface area (Å²) in [6.07, 6.45) is -0.258. The second-order valence-electron chi connectivity index (χ2n) is 6.48. The Hall–Kier alpha value is -1.73. The van der Waals surface area contributed by atoms with Crippen molar-refractivity contribution in [2.45, 2.75) is 38.5 Å². The van der Waals surface area contributed by atoms with Crippen molar-refractivity contribution in [2.75, 3.05) is 26.2 Å². The van der Waals surface area contributed by atoms with Gasteiger partial charge in [-0.25, -0.2) is 8.78 Å². The van der Waals surface area contributed by atoms with Crippen LogP contribution in [0.3, 0.4) is 0 Å². The molecule has 1 heterocycles. The van der Waals surface area contributed by atoms with Gasteiger partial charge in [0.05, 0.1) is 5.92 Å². The molecule has 23 heavy (non-hydrogen) atoms. The van der Waals surface area contributed by atoms with Crippen molar-refractivity contribution in [2.24, 2.45) is 17.6 Å². The maximum absolute atomic E-state index is 13.2. The first kappa shape index (κ1) is 17.6. The summed E-state index contributed by atoms with van der Waals surface area (Å²) >= 11 is 0. The quantitative estimate of drug-likeness (QED) is 0.804. The van der Waals surface area contributed by atoms with E-state index in [0.717, 1.165) is 0 Å². The van der Waals surface area contributed by atoms with E-state index in [2.05, 4.69) is 0 Å². The van der Waals surface area contributed by atoms with Crippen molar-refractivity contribution in [3.05, 3.63) is 0 Å². The van der Waals surface area contributed by atoms with E-state index in [1.807, 2.05) is 0 Å². The molecule has 1 atom stereocenters. The van der Waals surface area contributed by atoms with E-state index in [1.165, 1.54) is 16.7 Å². The van der Waals surface area contributed by atoms with Crippen molar-refractivity contribution in [1.29, 1.82) is 0 Å². The van der Waals surface area contributed by atoms with Gasteiger partial charge in [0.25, 0.3) is 0 Å². The van der Waals surface area contributed by atoms with Crippen LogP contribution in [0.15, 0.2) is 0 Å². The normalized spacial score (nSPS) is 25.8. The molecule has 2 aliphatic rings. The van der Waals surface area contributed by atoms with Crippen LogP contribution in [0.1, 0.15) is 32.6 Å². The fraction of sp³-hybridized carbons (Fsp3) is 0.800. The third-order valence-corrected chi connectivity index (χ3v) is 4.75. The highest BCUT2D eigenvalue weighted by Gasteiger charge is 2.40. The number of amides is 3. The Balaban J connectivity index is 2.04. The minimum Gasteiger partial charge on any atom is -0.369 e. The molecule has 0 radical (unpaired) electrons. The monoisotopic (exact) mass is 331 g/mol. The maximum Gasteiger partial charge on any atom is 0.248 e. The summed E-state index contributed by atoms with van der Waals surface area (Å²) in [5.74, 6) is -4.70. The van der Waals surface area contributed by atoms with Gasteiger partial charge in [-0.05, 0) is 12.8 Å². The van der Waals surface area contributed by atoms with Crippen molar-refractivity contribution < 1.29 is 23.2 Å². The smallest absolute Gasteiger partial charge is 0.248 e. The lowest BCUT2D eigenvalue weighted by molar-refractivity contribution is -0.140. The molecule has 2 rings (SSSR count). The molecule has 1 saturated heterocycles. The molecular formula is C15H23F2N3O3. The standard InChI is InChI=1S/C15H23F2N3O3/c1-10(21)19-6-7-20(9-12(8-19)13(18)22)14(23)11-2-4-15(16,17)5-3-11/h11-12H,2-9H2,1H3,(H2,18,22). The fourth-order valence-corrected chi connectivity index (χ4v) is 3.23. The van der Waals surface area contributed by atoms with Crippen molar-refractivity contribution >= 4 is 17.7 Å². The molecular weight excluding hydrogens is 308 g/mol. The lowest BCUT2D eigenvalue weighted by atomic mass is 9.85. The Morgan fingerprint density at radius 1 is 1.00 bits per heavy atom. The van der Waals surface area contributed by atoms with Gasteiger partial charge in [-0.2, -0.15) is 0 Å². The van der Waals surface area contributed by atoms with E-state index in [-0.39, 0.29) is 50.6 Å². The van der Waals surface area contributed by atoms with Crippen LogP contribution >= 0.6 is 0 Å². The van der Waals surface area contributed by atoms with Crippen molar-refractivity contribution in [1.82, 2.24) is 9.80 Å². The molecule has 130 valence electrons. The van der Waals surface area contributed by atoms with Crippen molar-refractivity contribution in [3.8, 4) is 0 Å². The molecule has 0 aromatic rings. The summed E-state index contributed by atoms with van der Waals surface area (Å²) in [4.78, 5) is 38.7. The zero-order chi connectivity index (χ0) is 17.2. The van der Waals surface area contributed by atoms with Crippen LogP contribution in [0, 0.1) is 11.8 Å². The summed E-state index contributed by atoms with van der Waals surface area (Å²) in [6.45, 7) is 2.36. The van der Waals surface area contributed by atoms with Gasteiger partial charge in [-0.3, -0.25) is 14.4 Å². The number of nitrogens with two attached hydrogens (primary N) is 1. The highest BCUT2D eigenvalue weighted by molar-refractivity contribution is 5.82. The lowest BCUT2D eigenvalue weighted by Crippen LogP contribution is -2.44. The highest BCUT2D eigenvalue weighted by atomic mass is 19.3. The Morgan fingerprint density at radius 3 is 2.04 bits per heavy atom. The largest absolute Gasteiger partial charge is 0.369 e. The van der Waals surface area contributed by atoms with Gasteiger partial charge < -0.3 is 15.5 Å². The molecule has 0 aromatic carbocycles. The average Bonchev–Trinajstić information content (AvgIpc) is 2.69. The van der Waals surface area contributed by atoms with Crippen LogP contribution in [-0.4, -0.2) is 59.6 Å². The average molecular weight is 331 g/mol. The van der Waals surface area contributed by atoms with E-state index < -0.39 is 23.7 Å². The van der Waals surface area contributed by atoms with Crippen LogP contribution in [0.2, 0.25) is 0 Å². The van der Waals surface area contributed by atoms with Gasteiger partial charge in [0, 0.05) is 51.9 Å². The molecule has 1 aliphatic carbocycles. The highest BCUT2D eigenvalue weighted by Crippen LogP contribution is 2.37. The second-order valence-corrected chi connectivity index (χ2v) is 6.48. The molecule has 2 N–H and O–H groups in total. The SMILES string of the molecule is CC(=O)N1CCN(C(=O)C2CCC(F)(F)CC2)CC(C(N)=O)C1. The Labute approximate surface area is 134 Å². The van der Waals surface area contributed by atoms with Crippen LogP contribution in [0.4, 0.5) is 8.78 Å². The first-order valence-corrected chi connectivity index (χ1v) is 7.91. The summed E-state index contributed by atoms with van der Waals surface area (Å²) in [5.41, 5.74) is 5.36. The molecule has 0 spiro atoms. The molecule has 0 bridgehead atoms. The van der Waals surface area contributed by atoms with Crippen LogP contribution in [0.25, 0.3) is 0 Å². The van der Waals surface area contributed by atoms with Crippen LogP contribution < -0.4 is 5.73 Å². The van der Waals surface area contributed by atoms with Gasteiger partial charge in [-0.15, -0.1) is 0 Å². The second kappa shape index (κ2) is 6.80. The van der Waals surface area contributed by atoms with Gasteiger partial charge in [-0.1, -0.05) is 0 Å². The minimum atomic E-state index is -2.68. The van der Waals surface area contributed by atoms with E-state index in [4.69, 9.17) is 5.73 Å². The van der Waals surface area contributed by atoms with E-state index >= 15 is 0 Å². The predicted octanol–water partition coefficient (Wildman–Crippen LogP) is 0.604. The number of hydrogen-bond donors (Lipinski definition) is 1. The van der Waals surface area contributed by atoms with Crippen LogP contribution in [-0.2, 0) is 14.4 Å². The topological polar surface area (TPSA) is 83.7 Å². The Kier molecular flexibility index (Phi) is 5.21. The van der Waals surface area contributed by atoms with E-state index in [0.29, 0.717) is 13.1 Å². The molecule has 2 fully saturated rings. The molecule has 8 heteroatoms. The van der Waals surface area contributed by atoms with E-state index in [1.54, 1.807) is 0 Å². The van der Waals surface area contributed by atoms with Gasteiger partial charge in [0.15, 0.2) is 0 Å². The van der Waals surface area contributed by atoms with E-state index in [9.17, 15) is 23.2 Å². The number of carbonyl (C=O) groups is 3. The molecule has 1 unspecified atom stereocenters. The summed E-state index contributed by atoms with van der Waals surface area (Å²) in [5, 5.41) is 0. The number of alkyl halides is 2. The predicted molar refractivity (Wildman–Crippen MR) is 78.4 cm³/mol. The molecule has 1 aliphatic heterocycles. The maximum atomic E-state index is 13.2. The third-order valence-electron chi connectivity index (χ3n) is 4.75. The number of rotatable bonds is 2. The fourth-order valence-electron chi connectivity index (χ4n) is 3.23. The number of nitrogens with zero attached hydrogens (tertiary/aromatic N) is 2. The number of halogens is 2. The summed E-state index contributed by atoms with van der Waals surface area (Å²) < 4.78 is 26.5. The van der Waals surface area contributed by atoms with Gasteiger partial charge in [0.1, 0.15) is 0 Å². The van der Waals surface area contributed by atoms with Crippen molar-refractivity contribution in [3.63, 3.8) is 0 Å². The lowest BCUT2D eigenvalue weighted by Gasteiger charge is -2.32. The van der Waals surface area contributed by atoms with Gasteiger partial charge >= 0.3 is 0 Å². The minimum absolute atomic E-state index is 0.144. The molecule has 3 amide bonds. The molecule has 0 aromatic heterocycles. The zero-order valence-electron chi connectivity index (χ0n) is 13.3.